The van der Waals surface area contributed by atoms with E-state index in [4.69, 9.17) is 4.98 Å². The minimum atomic E-state index is 0.666. The second-order valence-corrected chi connectivity index (χ2v) is 6.58. The molecule has 1 saturated heterocycles. The van der Waals surface area contributed by atoms with Crippen molar-refractivity contribution in [3.63, 3.8) is 0 Å². The molecule has 3 heterocycles. The van der Waals surface area contributed by atoms with Crippen LogP contribution in [-0.4, -0.2) is 40.0 Å². The molecule has 1 aliphatic heterocycles. The molecule has 3 rings (SSSR count). The first-order valence-corrected chi connectivity index (χ1v) is 8.60. The third-order valence-corrected chi connectivity index (χ3v) is 4.73. The topological polar surface area (TPSA) is 32.6 Å². The molecule has 0 radical (unpaired) electrons. The van der Waals surface area contributed by atoms with Crippen LogP contribution in [0.5, 0.6) is 0 Å². The van der Waals surface area contributed by atoms with E-state index in [0.29, 0.717) is 6.04 Å². The summed E-state index contributed by atoms with van der Waals surface area (Å²) in [5.41, 5.74) is 1.20. The molecular formula is C15H24N4S. The molecular weight excluding hydrogens is 268 g/mol. The van der Waals surface area contributed by atoms with Crippen LogP contribution in [0, 0.1) is 0 Å². The lowest BCUT2D eigenvalue weighted by Gasteiger charge is -2.30. The highest BCUT2D eigenvalue weighted by atomic mass is 32.1. The van der Waals surface area contributed by atoms with Gasteiger partial charge in [0.05, 0.1) is 5.69 Å². The molecule has 110 valence electrons. The Balaban J connectivity index is 1.62. The van der Waals surface area contributed by atoms with Gasteiger partial charge in [0, 0.05) is 36.9 Å². The van der Waals surface area contributed by atoms with Gasteiger partial charge in [0.25, 0.3) is 0 Å². The third-order valence-electron chi connectivity index (χ3n) is 3.96. The van der Waals surface area contributed by atoms with Crippen molar-refractivity contribution in [3.05, 3.63) is 23.5 Å². The number of hydrogen-bond acceptors (Lipinski definition) is 4. The Morgan fingerprint density at radius 3 is 3.20 bits per heavy atom. The Labute approximate surface area is 124 Å². The Kier molecular flexibility index (Phi) is 4.70. The van der Waals surface area contributed by atoms with Gasteiger partial charge in [-0.2, -0.15) is 0 Å². The number of fused-ring (bicyclic) bond motifs is 1. The monoisotopic (exact) mass is 292 g/mol. The van der Waals surface area contributed by atoms with Crippen molar-refractivity contribution in [2.75, 3.05) is 19.6 Å². The highest BCUT2D eigenvalue weighted by Gasteiger charge is 2.17. The number of aromatic nitrogens is 2. The van der Waals surface area contributed by atoms with Crippen LogP contribution in [0.4, 0.5) is 0 Å². The van der Waals surface area contributed by atoms with Crippen molar-refractivity contribution in [1.29, 1.82) is 0 Å². The zero-order valence-electron chi connectivity index (χ0n) is 12.2. The quantitative estimate of drug-likeness (QED) is 0.888. The molecule has 0 aliphatic carbocycles. The maximum atomic E-state index is 4.71. The van der Waals surface area contributed by atoms with Crippen molar-refractivity contribution < 1.29 is 0 Å². The maximum absolute atomic E-state index is 4.71. The summed E-state index contributed by atoms with van der Waals surface area (Å²) in [5, 5.41) is 5.74. The van der Waals surface area contributed by atoms with Gasteiger partial charge in [-0.25, -0.2) is 4.98 Å². The number of nitrogens with zero attached hydrogens (tertiary/aromatic N) is 3. The number of imidazole rings is 1. The summed E-state index contributed by atoms with van der Waals surface area (Å²) in [5.74, 6) is 0. The Morgan fingerprint density at radius 2 is 2.45 bits per heavy atom. The highest BCUT2D eigenvalue weighted by Crippen LogP contribution is 2.14. The van der Waals surface area contributed by atoms with Crippen molar-refractivity contribution in [3.8, 4) is 0 Å². The van der Waals surface area contributed by atoms with E-state index in [2.05, 4.69) is 39.3 Å². The highest BCUT2D eigenvalue weighted by molar-refractivity contribution is 7.15. The second-order valence-electron chi connectivity index (χ2n) is 5.71. The molecule has 1 fully saturated rings. The van der Waals surface area contributed by atoms with Crippen LogP contribution in [-0.2, 0) is 6.54 Å². The van der Waals surface area contributed by atoms with Crippen LogP contribution in [0.1, 0.15) is 38.3 Å². The van der Waals surface area contributed by atoms with E-state index in [-0.39, 0.29) is 0 Å². The van der Waals surface area contributed by atoms with E-state index in [1.807, 2.05) is 0 Å². The predicted molar refractivity (Wildman–Crippen MR) is 84.3 cm³/mol. The van der Waals surface area contributed by atoms with Gasteiger partial charge in [0.15, 0.2) is 4.96 Å². The molecule has 20 heavy (non-hydrogen) atoms. The number of rotatable bonds is 6. The van der Waals surface area contributed by atoms with E-state index in [0.717, 1.165) is 24.6 Å². The second kappa shape index (κ2) is 6.70. The van der Waals surface area contributed by atoms with Crippen LogP contribution in [0.2, 0.25) is 0 Å². The molecule has 5 heteroatoms. The standard InChI is InChI=1S/C15H24N4S/c1-2-7-18(10-13-5-3-4-6-16-13)11-14-12-19-8-9-20-15(19)17-14/h8-9,12-13,16H,2-7,10-11H2,1H3. The molecule has 0 saturated carbocycles. The van der Waals surface area contributed by atoms with Gasteiger partial charge in [0.1, 0.15) is 0 Å². The Bertz CT molecular complexity index is 498. The Morgan fingerprint density at radius 1 is 1.50 bits per heavy atom. The van der Waals surface area contributed by atoms with E-state index in [9.17, 15) is 0 Å². The lowest BCUT2D eigenvalue weighted by atomic mass is 10.0. The fraction of sp³-hybridized carbons (Fsp3) is 0.667. The summed E-state index contributed by atoms with van der Waals surface area (Å²) in [7, 11) is 0. The van der Waals surface area contributed by atoms with Crippen molar-refractivity contribution in [1.82, 2.24) is 19.6 Å². The summed E-state index contributed by atoms with van der Waals surface area (Å²) in [6, 6.07) is 0.666. The SMILES string of the molecule is CCCN(Cc1cn2ccsc2n1)CC1CCCCN1. The van der Waals surface area contributed by atoms with Crippen molar-refractivity contribution in [2.24, 2.45) is 0 Å². The van der Waals surface area contributed by atoms with Crippen LogP contribution in [0.3, 0.4) is 0 Å². The van der Waals surface area contributed by atoms with Gasteiger partial charge in [0.2, 0.25) is 0 Å². The summed E-state index contributed by atoms with van der Waals surface area (Å²) in [6.07, 6.45) is 9.49. The smallest absolute Gasteiger partial charge is 0.193 e. The van der Waals surface area contributed by atoms with Crippen LogP contribution in [0.25, 0.3) is 4.96 Å². The number of thiazole rings is 1. The van der Waals surface area contributed by atoms with Gasteiger partial charge in [-0.15, -0.1) is 11.3 Å². The zero-order valence-corrected chi connectivity index (χ0v) is 13.0. The average molecular weight is 292 g/mol. The van der Waals surface area contributed by atoms with Crippen LogP contribution < -0.4 is 5.32 Å². The van der Waals surface area contributed by atoms with Gasteiger partial charge in [-0.1, -0.05) is 13.3 Å². The molecule has 0 amide bonds. The first kappa shape index (κ1) is 14.0. The van der Waals surface area contributed by atoms with Gasteiger partial charge in [-0.3, -0.25) is 9.30 Å². The van der Waals surface area contributed by atoms with E-state index in [1.165, 1.54) is 37.9 Å². The molecule has 0 bridgehead atoms. The van der Waals surface area contributed by atoms with Crippen LogP contribution in [0.15, 0.2) is 17.8 Å². The Hall–Kier alpha value is -0.910. The first-order chi connectivity index (χ1) is 9.85. The van der Waals surface area contributed by atoms with Crippen LogP contribution >= 0.6 is 11.3 Å². The summed E-state index contributed by atoms with van der Waals surface area (Å²) in [6.45, 7) is 6.72. The van der Waals surface area contributed by atoms with Gasteiger partial charge >= 0.3 is 0 Å². The summed E-state index contributed by atoms with van der Waals surface area (Å²) in [4.78, 5) is 8.36. The minimum absolute atomic E-state index is 0.666. The fourth-order valence-electron chi connectivity index (χ4n) is 3.02. The molecule has 2 aromatic heterocycles. The van der Waals surface area contributed by atoms with Gasteiger partial charge < -0.3 is 5.32 Å². The number of hydrogen-bond donors (Lipinski definition) is 1. The minimum Gasteiger partial charge on any atom is -0.313 e. The summed E-state index contributed by atoms with van der Waals surface area (Å²) < 4.78 is 2.13. The normalized spacial score (nSPS) is 20.0. The molecule has 0 aromatic carbocycles. The molecule has 1 unspecified atom stereocenters. The number of nitrogens with one attached hydrogen (secondary N) is 1. The molecule has 2 aromatic rings. The first-order valence-electron chi connectivity index (χ1n) is 7.72. The van der Waals surface area contributed by atoms with Crippen molar-refractivity contribution >= 4 is 16.3 Å². The zero-order chi connectivity index (χ0) is 13.8. The summed E-state index contributed by atoms with van der Waals surface area (Å²) >= 11 is 1.71. The fourth-order valence-corrected chi connectivity index (χ4v) is 3.74. The molecule has 1 N–H and O–H groups in total. The third kappa shape index (κ3) is 3.40. The largest absolute Gasteiger partial charge is 0.313 e. The maximum Gasteiger partial charge on any atom is 0.193 e. The molecule has 1 aliphatic rings. The average Bonchev–Trinajstić information content (AvgIpc) is 3.01. The van der Waals surface area contributed by atoms with E-state index >= 15 is 0 Å². The lowest BCUT2D eigenvalue weighted by molar-refractivity contribution is 0.215. The van der Waals surface area contributed by atoms with Gasteiger partial charge in [-0.05, 0) is 32.4 Å². The number of piperidine rings is 1. The molecule has 1 atom stereocenters. The lowest BCUT2D eigenvalue weighted by Crippen LogP contribution is -2.43. The molecule has 4 nitrogen and oxygen atoms in total. The van der Waals surface area contributed by atoms with E-state index in [1.54, 1.807) is 11.3 Å². The predicted octanol–water partition coefficient (Wildman–Crippen LogP) is 2.75. The van der Waals surface area contributed by atoms with Crippen molar-refractivity contribution in [2.45, 2.75) is 45.2 Å². The van der Waals surface area contributed by atoms with E-state index < -0.39 is 0 Å². The molecule has 0 spiro atoms.